The molecule has 1 aliphatic carbocycles. The lowest BCUT2D eigenvalue weighted by Crippen LogP contribution is -2.39. The maximum absolute atomic E-state index is 10.2. The first-order chi connectivity index (χ1) is 11.8. The van der Waals surface area contributed by atoms with Crippen molar-refractivity contribution in [1.82, 2.24) is 0 Å². The minimum absolute atomic E-state index is 0.0349. The van der Waals surface area contributed by atoms with Crippen LogP contribution in [0.4, 0.5) is 0 Å². The van der Waals surface area contributed by atoms with Crippen LogP contribution in [0.15, 0.2) is 60.7 Å². The maximum atomic E-state index is 10.2. The van der Waals surface area contributed by atoms with Crippen molar-refractivity contribution in [3.63, 3.8) is 0 Å². The van der Waals surface area contributed by atoms with Crippen LogP contribution in [0.2, 0.25) is 0 Å². The Hall–Kier alpha value is -2.42. The highest BCUT2D eigenvalue weighted by Gasteiger charge is 2.29. The van der Waals surface area contributed by atoms with Crippen LogP contribution < -0.4 is 10.4 Å². The molecule has 1 atom stereocenters. The molecule has 0 heterocycles. The molecule has 120 valence electrons. The van der Waals surface area contributed by atoms with Crippen molar-refractivity contribution >= 4 is 22.9 Å². The van der Waals surface area contributed by atoms with Crippen molar-refractivity contribution < 1.29 is 10.2 Å². The zero-order chi connectivity index (χ0) is 16.6. The average Bonchev–Trinajstić information content (AvgIpc) is 2.67. The summed E-state index contributed by atoms with van der Waals surface area (Å²) >= 11 is 0. The Bertz CT molecular complexity index is 1010. The van der Waals surface area contributed by atoms with Gasteiger partial charge in [0.05, 0.1) is 13.2 Å². The molecule has 3 aromatic rings. The fraction of sp³-hybridized carbons (Fsp3) is 0.182. The van der Waals surface area contributed by atoms with Gasteiger partial charge >= 0.3 is 0 Å². The summed E-state index contributed by atoms with van der Waals surface area (Å²) in [5.74, 6) is 0. The van der Waals surface area contributed by atoms with E-state index >= 15 is 0 Å². The van der Waals surface area contributed by atoms with Gasteiger partial charge in [-0.2, -0.15) is 0 Å². The Kier molecular flexibility index (Phi) is 3.72. The van der Waals surface area contributed by atoms with Crippen molar-refractivity contribution in [3.05, 3.63) is 82.2 Å². The zero-order valence-corrected chi connectivity index (χ0v) is 13.4. The van der Waals surface area contributed by atoms with E-state index in [1.807, 2.05) is 30.3 Å². The molecule has 0 fully saturated rings. The topological polar surface area (TPSA) is 40.5 Å². The highest BCUT2D eigenvalue weighted by atomic mass is 16.3. The average molecular weight is 316 g/mol. The first kappa shape index (κ1) is 15.1. The normalized spacial score (nSPS) is 19.4. The predicted molar refractivity (Wildman–Crippen MR) is 97.9 cm³/mol. The van der Waals surface area contributed by atoms with Crippen molar-refractivity contribution in [2.75, 3.05) is 6.61 Å². The number of fused-ring (bicyclic) bond motifs is 3. The van der Waals surface area contributed by atoms with Crippen LogP contribution in [0.25, 0.3) is 22.9 Å². The van der Waals surface area contributed by atoms with Gasteiger partial charge < -0.3 is 10.2 Å². The van der Waals surface area contributed by atoms with E-state index < -0.39 is 5.41 Å². The molecular weight excluding hydrogens is 296 g/mol. The van der Waals surface area contributed by atoms with Crippen molar-refractivity contribution in [2.24, 2.45) is 0 Å². The maximum Gasteiger partial charge on any atom is 0.0682 e. The third-order valence-electron chi connectivity index (χ3n) is 5.08. The monoisotopic (exact) mass is 316 g/mol. The van der Waals surface area contributed by atoms with Crippen LogP contribution in [0.1, 0.15) is 17.5 Å². The van der Waals surface area contributed by atoms with Gasteiger partial charge in [0.2, 0.25) is 0 Å². The number of benzene rings is 3. The molecule has 24 heavy (non-hydrogen) atoms. The second kappa shape index (κ2) is 5.90. The Labute approximate surface area is 141 Å². The van der Waals surface area contributed by atoms with Gasteiger partial charge in [0.15, 0.2) is 0 Å². The van der Waals surface area contributed by atoms with Gasteiger partial charge in [-0.3, -0.25) is 0 Å². The molecular formula is C22H20O2. The number of aliphatic hydroxyl groups excluding tert-OH is 2. The lowest BCUT2D eigenvalue weighted by Gasteiger charge is -2.30. The molecule has 4 rings (SSSR count). The molecule has 2 nitrogen and oxygen atoms in total. The third-order valence-corrected chi connectivity index (χ3v) is 5.08. The second-order valence-corrected chi connectivity index (χ2v) is 6.51. The Morgan fingerprint density at radius 2 is 1.71 bits per heavy atom. The lowest BCUT2D eigenvalue weighted by atomic mass is 9.75. The first-order valence-electron chi connectivity index (χ1n) is 8.28. The molecule has 2 heteroatoms. The molecule has 1 aliphatic rings. The van der Waals surface area contributed by atoms with E-state index in [1.165, 1.54) is 5.22 Å². The minimum Gasteiger partial charge on any atom is -0.395 e. The summed E-state index contributed by atoms with van der Waals surface area (Å²) in [6.45, 7) is 0.107. The van der Waals surface area contributed by atoms with Crippen LogP contribution in [0, 0.1) is 0 Å². The zero-order valence-electron chi connectivity index (χ0n) is 13.4. The van der Waals surface area contributed by atoms with Crippen LogP contribution in [0.3, 0.4) is 0 Å². The SMILES string of the molecule is OCc1ccc2ccc3c(c2c1)=CC(CO)(c1ccccc1)CC=3. The molecule has 0 spiro atoms. The molecule has 0 saturated carbocycles. The summed E-state index contributed by atoms with van der Waals surface area (Å²) in [5.41, 5.74) is 1.64. The Morgan fingerprint density at radius 3 is 2.46 bits per heavy atom. The molecule has 0 radical (unpaired) electrons. The van der Waals surface area contributed by atoms with Gasteiger partial charge in [0.1, 0.15) is 0 Å². The molecule has 0 amide bonds. The molecule has 0 saturated heterocycles. The van der Waals surface area contributed by atoms with E-state index in [1.54, 1.807) is 0 Å². The molecule has 2 N–H and O–H groups in total. The summed E-state index contributed by atoms with van der Waals surface area (Å²) < 4.78 is 0. The molecule has 1 unspecified atom stereocenters. The second-order valence-electron chi connectivity index (χ2n) is 6.51. The van der Waals surface area contributed by atoms with E-state index in [9.17, 15) is 10.2 Å². The number of aliphatic hydroxyl groups is 2. The van der Waals surface area contributed by atoms with Crippen LogP contribution >= 0.6 is 0 Å². The van der Waals surface area contributed by atoms with Crippen molar-refractivity contribution in [2.45, 2.75) is 18.4 Å². The van der Waals surface area contributed by atoms with E-state index in [2.05, 4.69) is 42.5 Å². The van der Waals surface area contributed by atoms with Gasteiger partial charge in [-0.25, -0.2) is 0 Å². The van der Waals surface area contributed by atoms with Gasteiger partial charge in [0, 0.05) is 5.41 Å². The quantitative estimate of drug-likeness (QED) is 0.778. The van der Waals surface area contributed by atoms with Gasteiger partial charge in [-0.1, -0.05) is 66.7 Å². The predicted octanol–water partition coefficient (Wildman–Crippen LogP) is 2.23. The van der Waals surface area contributed by atoms with Gasteiger partial charge in [-0.15, -0.1) is 0 Å². The number of rotatable bonds is 3. The Balaban J connectivity index is 2.04. The van der Waals surface area contributed by atoms with E-state index in [0.717, 1.165) is 33.5 Å². The van der Waals surface area contributed by atoms with Crippen molar-refractivity contribution in [1.29, 1.82) is 0 Å². The van der Waals surface area contributed by atoms with Crippen LogP contribution in [0.5, 0.6) is 0 Å². The molecule has 0 bridgehead atoms. The third kappa shape index (κ3) is 2.35. The molecule has 0 aromatic heterocycles. The van der Waals surface area contributed by atoms with Crippen molar-refractivity contribution in [3.8, 4) is 0 Å². The summed E-state index contributed by atoms with van der Waals surface area (Å²) in [5, 5.41) is 24.3. The lowest BCUT2D eigenvalue weighted by molar-refractivity contribution is 0.236. The van der Waals surface area contributed by atoms with E-state index in [4.69, 9.17) is 0 Å². The van der Waals surface area contributed by atoms with Gasteiger partial charge in [-0.05, 0) is 44.8 Å². The standard InChI is InChI=1S/C22H20O2/c23-14-16-6-7-17-8-9-18-10-11-22(15-24,13-21(18)20(17)12-16)19-4-2-1-3-5-19/h1-10,12-13,23-24H,11,14-15H2. The number of hydrogen-bond acceptors (Lipinski definition) is 2. The van der Waals surface area contributed by atoms with Crippen LogP contribution in [-0.4, -0.2) is 16.8 Å². The smallest absolute Gasteiger partial charge is 0.0682 e. The van der Waals surface area contributed by atoms with Gasteiger partial charge in [0.25, 0.3) is 0 Å². The minimum atomic E-state index is -0.391. The molecule has 3 aromatic carbocycles. The highest BCUT2D eigenvalue weighted by molar-refractivity contribution is 5.85. The Morgan fingerprint density at radius 1 is 0.917 bits per heavy atom. The first-order valence-corrected chi connectivity index (χ1v) is 8.28. The summed E-state index contributed by atoms with van der Waals surface area (Å²) in [6.07, 6.45) is 5.20. The largest absolute Gasteiger partial charge is 0.395 e. The van der Waals surface area contributed by atoms with E-state index in [0.29, 0.717) is 0 Å². The summed E-state index contributed by atoms with van der Waals surface area (Å²) in [7, 11) is 0. The fourth-order valence-corrected chi connectivity index (χ4v) is 3.64. The summed E-state index contributed by atoms with van der Waals surface area (Å²) in [6, 6.07) is 20.5. The molecule has 0 aliphatic heterocycles. The summed E-state index contributed by atoms with van der Waals surface area (Å²) in [4.78, 5) is 0. The fourth-order valence-electron chi connectivity index (χ4n) is 3.64. The highest BCUT2D eigenvalue weighted by Crippen LogP contribution is 2.31. The van der Waals surface area contributed by atoms with E-state index in [-0.39, 0.29) is 13.2 Å². The number of hydrogen-bond donors (Lipinski definition) is 2. The van der Waals surface area contributed by atoms with Crippen LogP contribution in [-0.2, 0) is 12.0 Å².